The molecule has 0 unspecified atom stereocenters. The number of hydrogen-bond donors (Lipinski definition) is 0. The maximum atomic E-state index is 14.8. The Bertz CT molecular complexity index is 743. The summed E-state index contributed by atoms with van der Waals surface area (Å²) in [6.45, 7) is 6.95. The summed E-state index contributed by atoms with van der Waals surface area (Å²) in [5.74, 6) is -2.50. The van der Waals surface area contributed by atoms with Crippen LogP contribution in [-0.4, -0.2) is 35.4 Å². The van der Waals surface area contributed by atoms with E-state index in [9.17, 15) is 18.1 Å². The molecule has 0 spiro atoms. The van der Waals surface area contributed by atoms with E-state index in [4.69, 9.17) is 9.47 Å². The van der Waals surface area contributed by atoms with Crippen LogP contribution in [0.25, 0.3) is 0 Å². The zero-order valence-corrected chi connectivity index (χ0v) is 16.2. The van der Waals surface area contributed by atoms with Crippen LogP contribution >= 0.6 is 7.60 Å². The van der Waals surface area contributed by atoms with Crippen molar-refractivity contribution < 1.29 is 36.7 Å². The fraction of sp³-hybridized carbons (Fsp3) is 0.625. The average Bonchev–Trinajstić information content (AvgIpc) is 2.55. The zero-order valence-electron chi connectivity index (χ0n) is 15.3. The summed E-state index contributed by atoms with van der Waals surface area (Å²) in [7, 11) is -5.01. The highest BCUT2D eigenvalue weighted by molar-refractivity contribution is 7.56. The molecule has 7 nitrogen and oxygen atoms in total. The van der Waals surface area contributed by atoms with Crippen molar-refractivity contribution in [3.05, 3.63) is 23.0 Å². The smallest absolute Gasteiger partial charge is 0.408 e. The maximum Gasteiger partial charge on any atom is 0.408 e. The minimum absolute atomic E-state index is 0.126. The van der Waals surface area contributed by atoms with Gasteiger partial charge in [0.05, 0.1) is 31.1 Å². The Morgan fingerprint density at radius 1 is 1.35 bits per heavy atom. The lowest BCUT2D eigenvalue weighted by atomic mass is 10.0. The van der Waals surface area contributed by atoms with E-state index in [-0.39, 0.29) is 31.1 Å². The first-order chi connectivity index (χ1) is 12.0. The molecule has 1 aromatic rings. The topological polar surface area (TPSA) is 84.0 Å². The Labute approximate surface area is 150 Å². The highest BCUT2D eigenvalue weighted by atomic mass is 31.2. The lowest BCUT2D eigenvalue weighted by Gasteiger charge is -2.34. The maximum absolute atomic E-state index is 14.8. The van der Waals surface area contributed by atoms with Crippen LogP contribution < -0.4 is 4.74 Å². The average molecular weight is 393 g/mol. The summed E-state index contributed by atoms with van der Waals surface area (Å²) in [6.07, 6.45) is 0.998. The molecule has 0 saturated heterocycles. The van der Waals surface area contributed by atoms with E-state index in [2.05, 4.69) is 14.0 Å². The molecular weight excluding hydrogens is 371 g/mol. The van der Waals surface area contributed by atoms with E-state index in [1.165, 1.54) is 13.8 Å². The highest BCUT2D eigenvalue weighted by Gasteiger charge is 2.60. The Balaban J connectivity index is 2.52. The molecule has 0 fully saturated rings. The number of pyridine rings is 1. The van der Waals surface area contributed by atoms with Crippen LogP contribution in [0.15, 0.2) is 6.20 Å². The van der Waals surface area contributed by atoms with Crippen LogP contribution in [-0.2, 0) is 25.0 Å². The molecule has 10 heteroatoms. The molecule has 1 aliphatic heterocycles. The molecule has 146 valence electrons. The predicted molar refractivity (Wildman–Crippen MR) is 88.6 cm³/mol. The first-order valence-electron chi connectivity index (χ1n) is 8.12. The number of aromatic nitrogens is 1. The van der Waals surface area contributed by atoms with Crippen LogP contribution in [0, 0.1) is 6.92 Å². The monoisotopic (exact) mass is 393 g/mol. The van der Waals surface area contributed by atoms with E-state index < -0.39 is 30.4 Å². The first-order valence-corrected chi connectivity index (χ1v) is 9.66. The van der Waals surface area contributed by atoms with Crippen molar-refractivity contribution in [2.24, 2.45) is 0 Å². The summed E-state index contributed by atoms with van der Waals surface area (Å²) in [4.78, 5) is 16.5. The summed E-state index contributed by atoms with van der Waals surface area (Å²) in [6, 6.07) is 0. The van der Waals surface area contributed by atoms with Crippen molar-refractivity contribution in [2.75, 3.05) is 13.2 Å². The van der Waals surface area contributed by atoms with Gasteiger partial charge >= 0.3 is 13.3 Å². The highest BCUT2D eigenvalue weighted by Crippen LogP contribution is 2.63. The third kappa shape index (κ3) is 3.67. The molecule has 0 aromatic carbocycles. The molecule has 0 amide bonds. The minimum atomic E-state index is -5.01. The van der Waals surface area contributed by atoms with Crippen molar-refractivity contribution in [3.8, 4) is 5.75 Å². The number of hydrogen-bond acceptors (Lipinski definition) is 7. The minimum Gasteiger partial charge on any atom is -0.461 e. The molecular formula is C16H22F2NO6P. The summed E-state index contributed by atoms with van der Waals surface area (Å²) in [5, 5.41) is 0. The number of carbonyl (C=O) groups excluding carboxylic acids is 1. The second-order valence-electron chi connectivity index (χ2n) is 6.06. The van der Waals surface area contributed by atoms with E-state index in [1.54, 1.807) is 20.8 Å². The summed E-state index contributed by atoms with van der Waals surface area (Å²) >= 11 is 0. The number of ether oxygens (including phenoxy) is 2. The number of alkyl halides is 2. The Kier molecular flexibility index (Phi) is 5.87. The Hall–Kier alpha value is -1.41. The number of carbonyl (C=O) groups is 1. The number of Topliss-reactive ketones (excluding diaryl/α,β-unsaturated/α-hetero) is 1. The Morgan fingerprint density at radius 3 is 2.46 bits per heavy atom. The van der Waals surface area contributed by atoms with Gasteiger partial charge in [-0.25, -0.2) is 0 Å². The zero-order chi connectivity index (χ0) is 19.8. The fourth-order valence-electron chi connectivity index (χ4n) is 2.46. The number of fused-ring (bicyclic) bond motifs is 1. The van der Waals surface area contributed by atoms with E-state index in [0.717, 1.165) is 6.20 Å². The molecule has 0 bridgehead atoms. The lowest BCUT2D eigenvalue weighted by Crippen LogP contribution is -2.38. The molecule has 0 atom stereocenters. The van der Waals surface area contributed by atoms with Crippen molar-refractivity contribution in [3.63, 3.8) is 0 Å². The van der Waals surface area contributed by atoms with Gasteiger partial charge in [0.2, 0.25) is 11.6 Å². The van der Waals surface area contributed by atoms with Gasteiger partial charge in [0, 0.05) is 25.6 Å². The van der Waals surface area contributed by atoms with Gasteiger partial charge in [-0.05, 0) is 20.8 Å². The van der Waals surface area contributed by atoms with E-state index >= 15 is 0 Å². The first kappa shape index (κ1) is 20.9. The number of aryl methyl sites for hydroxylation is 1. The largest absolute Gasteiger partial charge is 0.461 e. The number of ketones is 1. The Morgan fingerprint density at radius 2 is 1.92 bits per heavy atom. The van der Waals surface area contributed by atoms with Crippen molar-refractivity contribution >= 4 is 13.4 Å². The van der Waals surface area contributed by atoms with Crippen LogP contribution in [0.5, 0.6) is 5.75 Å². The van der Waals surface area contributed by atoms with E-state index in [0.29, 0.717) is 5.69 Å². The molecule has 0 radical (unpaired) electrons. The third-order valence-electron chi connectivity index (χ3n) is 3.69. The van der Waals surface area contributed by atoms with Crippen molar-refractivity contribution in [2.45, 2.75) is 52.7 Å². The molecule has 1 aliphatic rings. The molecule has 2 rings (SSSR count). The normalized spacial score (nSPS) is 16.7. The summed E-state index contributed by atoms with van der Waals surface area (Å²) < 4.78 is 62.4. The van der Waals surface area contributed by atoms with Crippen LogP contribution in [0.2, 0.25) is 0 Å². The lowest BCUT2D eigenvalue weighted by molar-refractivity contribution is -0.180. The number of nitrogens with zero attached hydrogens (tertiary/aromatic N) is 1. The fourth-order valence-corrected chi connectivity index (χ4v) is 3.91. The van der Waals surface area contributed by atoms with Gasteiger partial charge in [0.1, 0.15) is 0 Å². The van der Waals surface area contributed by atoms with Gasteiger partial charge in [-0.3, -0.25) is 14.3 Å². The predicted octanol–water partition coefficient (Wildman–Crippen LogP) is 4.08. The second kappa shape index (κ2) is 7.31. The van der Waals surface area contributed by atoms with E-state index in [1.807, 2.05) is 0 Å². The van der Waals surface area contributed by atoms with Gasteiger partial charge in [-0.15, -0.1) is 0 Å². The van der Waals surface area contributed by atoms with Crippen molar-refractivity contribution in [1.82, 2.24) is 4.98 Å². The number of rotatable bonds is 7. The van der Waals surface area contributed by atoms with Gasteiger partial charge in [0.25, 0.3) is 0 Å². The van der Waals surface area contributed by atoms with Gasteiger partial charge in [-0.2, -0.15) is 8.78 Å². The molecule has 1 aromatic heterocycles. The standard InChI is InChI=1S/C16H22F2NO6P/c1-6-23-26(21,24-7-2)16(17,18)14(20)11-8-19-10(3)13-12(11)9-22-15(4,5)25-13/h8H,6-7,9H2,1-5H3. The van der Waals surface area contributed by atoms with Gasteiger partial charge in [0.15, 0.2) is 5.75 Å². The van der Waals surface area contributed by atoms with Gasteiger partial charge in [-0.1, -0.05) is 0 Å². The number of halogens is 2. The molecule has 0 saturated carbocycles. The molecule has 0 aliphatic carbocycles. The van der Waals surface area contributed by atoms with Crippen molar-refractivity contribution in [1.29, 1.82) is 0 Å². The third-order valence-corrected chi connectivity index (χ3v) is 5.77. The van der Waals surface area contributed by atoms with Crippen LogP contribution in [0.4, 0.5) is 8.78 Å². The molecule has 26 heavy (non-hydrogen) atoms. The van der Waals surface area contributed by atoms with Gasteiger partial charge < -0.3 is 18.5 Å². The van der Waals surface area contributed by atoms with Crippen LogP contribution in [0.3, 0.4) is 0 Å². The summed E-state index contributed by atoms with van der Waals surface area (Å²) in [5.41, 5.74) is -4.27. The quantitative estimate of drug-likeness (QED) is 0.510. The SMILES string of the molecule is CCOP(=O)(OCC)C(F)(F)C(=O)c1cnc(C)c2c1COC(C)(C)O2. The molecule has 2 heterocycles. The molecule has 0 N–H and O–H groups in total. The second-order valence-corrected chi connectivity index (χ2v) is 8.13. The van der Waals surface area contributed by atoms with Crippen LogP contribution in [0.1, 0.15) is 49.3 Å².